The van der Waals surface area contributed by atoms with Crippen LogP contribution in [-0.2, 0) is 6.61 Å². The standard InChI is InChI=1S/C23H23NO3/c1-3-26-23-15-19(16-24-20-11-7-8-12-21(20)25-2)13-14-22(23)27-17-18-9-5-4-6-10-18/h4-16H,3,17H2,1-2H3. The minimum Gasteiger partial charge on any atom is -0.494 e. The van der Waals surface area contributed by atoms with Crippen molar-refractivity contribution in [1.29, 1.82) is 0 Å². The van der Waals surface area contributed by atoms with E-state index in [0.717, 1.165) is 28.3 Å². The number of aliphatic imine (C=N–C) groups is 1. The summed E-state index contributed by atoms with van der Waals surface area (Å²) in [7, 11) is 1.64. The van der Waals surface area contributed by atoms with Crippen molar-refractivity contribution < 1.29 is 14.2 Å². The number of benzene rings is 3. The molecule has 0 aromatic heterocycles. The van der Waals surface area contributed by atoms with Gasteiger partial charge in [0, 0.05) is 6.21 Å². The Morgan fingerprint density at radius 2 is 1.59 bits per heavy atom. The molecule has 0 aliphatic carbocycles. The Labute approximate surface area is 160 Å². The Kier molecular flexibility index (Phi) is 6.47. The molecule has 0 saturated carbocycles. The molecule has 0 amide bonds. The van der Waals surface area contributed by atoms with Crippen LogP contribution in [0.3, 0.4) is 0 Å². The second-order valence-electron chi connectivity index (χ2n) is 5.84. The molecule has 4 heteroatoms. The molecule has 0 aliphatic heterocycles. The summed E-state index contributed by atoms with van der Waals surface area (Å²) in [4.78, 5) is 4.53. The van der Waals surface area contributed by atoms with Crippen molar-refractivity contribution in [3.8, 4) is 17.2 Å². The van der Waals surface area contributed by atoms with Crippen LogP contribution in [0.5, 0.6) is 17.2 Å². The van der Waals surface area contributed by atoms with E-state index in [1.165, 1.54) is 0 Å². The van der Waals surface area contributed by atoms with E-state index < -0.39 is 0 Å². The minimum absolute atomic E-state index is 0.496. The fourth-order valence-electron chi connectivity index (χ4n) is 2.61. The van der Waals surface area contributed by atoms with Gasteiger partial charge in [-0.3, -0.25) is 4.99 Å². The first-order chi connectivity index (χ1) is 13.3. The Hall–Kier alpha value is -3.27. The van der Waals surface area contributed by atoms with Gasteiger partial charge in [-0.15, -0.1) is 0 Å². The summed E-state index contributed by atoms with van der Waals surface area (Å²) in [6.07, 6.45) is 1.79. The molecule has 0 aliphatic rings. The number of para-hydroxylation sites is 2. The van der Waals surface area contributed by atoms with Gasteiger partial charge in [0.05, 0.1) is 13.7 Å². The van der Waals surface area contributed by atoms with E-state index in [1.54, 1.807) is 13.3 Å². The maximum Gasteiger partial charge on any atom is 0.161 e. The zero-order chi connectivity index (χ0) is 18.9. The SMILES string of the molecule is CCOc1cc(C=Nc2ccccc2OC)ccc1OCc1ccccc1. The van der Waals surface area contributed by atoms with Crippen LogP contribution in [0.15, 0.2) is 77.8 Å². The average Bonchev–Trinajstić information content (AvgIpc) is 2.72. The summed E-state index contributed by atoms with van der Waals surface area (Å²) in [6, 6.07) is 23.5. The second kappa shape index (κ2) is 9.43. The Balaban J connectivity index is 1.77. The molecule has 0 bridgehead atoms. The summed E-state index contributed by atoms with van der Waals surface area (Å²) < 4.78 is 17.0. The number of nitrogens with zero attached hydrogens (tertiary/aromatic N) is 1. The zero-order valence-electron chi connectivity index (χ0n) is 15.6. The van der Waals surface area contributed by atoms with Gasteiger partial charge in [0.2, 0.25) is 0 Å². The maximum atomic E-state index is 5.94. The average molecular weight is 361 g/mol. The first-order valence-electron chi connectivity index (χ1n) is 8.91. The molecule has 0 saturated heterocycles. The van der Waals surface area contributed by atoms with Crippen LogP contribution >= 0.6 is 0 Å². The molecule has 27 heavy (non-hydrogen) atoms. The van der Waals surface area contributed by atoms with Gasteiger partial charge in [-0.2, -0.15) is 0 Å². The van der Waals surface area contributed by atoms with Gasteiger partial charge in [0.25, 0.3) is 0 Å². The molecule has 138 valence electrons. The summed E-state index contributed by atoms with van der Waals surface area (Å²) in [6.45, 7) is 3.01. The predicted octanol–water partition coefficient (Wildman–Crippen LogP) is 5.42. The van der Waals surface area contributed by atoms with Crippen LogP contribution in [0, 0.1) is 0 Å². The second-order valence-corrected chi connectivity index (χ2v) is 5.84. The van der Waals surface area contributed by atoms with Crippen LogP contribution in [0.25, 0.3) is 0 Å². The fourth-order valence-corrected chi connectivity index (χ4v) is 2.61. The number of rotatable bonds is 8. The van der Waals surface area contributed by atoms with Crippen molar-refractivity contribution >= 4 is 11.9 Å². The maximum absolute atomic E-state index is 5.94. The number of hydrogen-bond acceptors (Lipinski definition) is 4. The van der Waals surface area contributed by atoms with E-state index in [9.17, 15) is 0 Å². The summed E-state index contributed by atoms with van der Waals surface area (Å²) in [5.74, 6) is 2.16. The van der Waals surface area contributed by atoms with E-state index in [2.05, 4.69) is 4.99 Å². The van der Waals surface area contributed by atoms with Gasteiger partial charge in [-0.05, 0) is 48.4 Å². The first kappa shape index (κ1) is 18.5. The molecule has 3 aromatic carbocycles. The molecular weight excluding hydrogens is 338 g/mol. The lowest BCUT2D eigenvalue weighted by atomic mass is 10.2. The highest BCUT2D eigenvalue weighted by Gasteiger charge is 2.07. The van der Waals surface area contributed by atoms with Gasteiger partial charge in [0.1, 0.15) is 18.0 Å². The van der Waals surface area contributed by atoms with Gasteiger partial charge in [-0.1, -0.05) is 42.5 Å². The number of methoxy groups -OCH3 is 1. The zero-order valence-corrected chi connectivity index (χ0v) is 15.6. The van der Waals surface area contributed by atoms with Crippen LogP contribution in [-0.4, -0.2) is 19.9 Å². The lowest BCUT2D eigenvalue weighted by Crippen LogP contribution is -2.00. The largest absolute Gasteiger partial charge is 0.494 e. The molecular formula is C23H23NO3. The molecule has 0 N–H and O–H groups in total. The van der Waals surface area contributed by atoms with E-state index in [4.69, 9.17) is 14.2 Å². The summed E-state index contributed by atoms with van der Waals surface area (Å²) >= 11 is 0. The normalized spacial score (nSPS) is 10.7. The van der Waals surface area contributed by atoms with E-state index in [-0.39, 0.29) is 0 Å². The monoisotopic (exact) mass is 361 g/mol. The van der Waals surface area contributed by atoms with Crippen LogP contribution < -0.4 is 14.2 Å². The molecule has 0 atom stereocenters. The third-order valence-corrected chi connectivity index (χ3v) is 3.94. The Bertz CT molecular complexity index is 891. The van der Waals surface area contributed by atoms with Crippen molar-refractivity contribution in [1.82, 2.24) is 0 Å². The summed E-state index contributed by atoms with van der Waals surface area (Å²) in [5.41, 5.74) is 2.82. The molecule has 0 radical (unpaired) electrons. The molecule has 0 unspecified atom stereocenters. The Morgan fingerprint density at radius 3 is 2.37 bits per heavy atom. The quantitative estimate of drug-likeness (QED) is 0.503. The van der Waals surface area contributed by atoms with Crippen molar-refractivity contribution in [2.75, 3.05) is 13.7 Å². The first-order valence-corrected chi connectivity index (χ1v) is 8.91. The molecule has 0 heterocycles. The van der Waals surface area contributed by atoms with E-state index >= 15 is 0 Å². The van der Waals surface area contributed by atoms with Gasteiger partial charge in [0.15, 0.2) is 11.5 Å². The molecule has 3 rings (SSSR count). The highest BCUT2D eigenvalue weighted by Crippen LogP contribution is 2.30. The third kappa shape index (κ3) is 5.11. The van der Waals surface area contributed by atoms with Gasteiger partial charge < -0.3 is 14.2 Å². The van der Waals surface area contributed by atoms with Gasteiger partial charge >= 0.3 is 0 Å². The minimum atomic E-state index is 0.496. The smallest absolute Gasteiger partial charge is 0.161 e. The van der Waals surface area contributed by atoms with E-state index in [0.29, 0.717) is 19.0 Å². The Morgan fingerprint density at radius 1 is 0.815 bits per heavy atom. The van der Waals surface area contributed by atoms with Crippen molar-refractivity contribution in [3.05, 3.63) is 83.9 Å². The number of ether oxygens (including phenoxy) is 3. The molecule has 4 nitrogen and oxygen atoms in total. The third-order valence-electron chi connectivity index (χ3n) is 3.94. The topological polar surface area (TPSA) is 40.0 Å². The van der Waals surface area contributed by atoms with Crippen molar-refractivity contribution in [2.45, 2.75) is 13.5 Å². The lowest BCUT2D eigenvalue weighted by Gasteiger charge is -2.12. The van der Waals surface area contributed by atoms with Gasteiger partial charge in [-0.25, -0.2) is 0 Å². The molecule has 0 fully saturated rings. The van der Waals surface area contributed by atoms with Crippen LogP contribution in [0.2, 0.25) is 0 Å². The molecule has 3 aromatic rings. The van der Waals surface area contributed by atoms with E-state index in [1.807, 2.05) is 79.7 Å². The van der Waals surface area contributed by atoms with Crippen molar-refractivity contribution in [2.24, 2.45) is 4.99 Å². The number of hydrogen-bond donors (Lipinski definition) is 0. The highest BCUT2D eigenvalue weighted by atomic mass is 16.5. The lowest BCUT2D eigenvalue weighted by molar-refractivity contribution is 0.269. The summed E-state index contributed by atoms with van der Waals surface area (Å²) in [5, 5.41) is 0. The fraction of sp³-hybridized carbons (Fsp3) is 0.174. The highest BCUT2D eigenvalue weighted by molar-refractivity contribution is 5.83. The van der Waals surface area contributed by atoms with Crippen LogP contribution in [0.1, 0.15) is 18.1 Å². The predicted molar refractivity (Wildman–Crippen MR) is 109 cm³/mol. The van der Waals surface area contributed by atoms with Crippen LogP contribution in [0.4, 0.5) is 5.69 Å². The van der Waals surface area contributed by atoms with Crippen molar-refractivity contribution in [3.63, 3.8) is 0 Å². The molecule has 0 spiro atoms.